The maximum Gasteiger partial charge on any atom is 0.0809 e. The van der Waals surface area contributed by atoms with E-state index in [0.29, 0.717) is 19.8 Å². The van der Waals surface area contributed by atoms with Crippen molar-refractivity contribution in [2.45, 2.75) is 26.5 Å². The standard InChI is InChI=1S/C14H25NO3S/c1-3-15-11-13-5-6-14(19-13)12-18-8-4-7-17-10-9-16-2/h5-6,15H,3-4,7-12H2,1-2H3. The van der Waals surface area contributed by atoms with E-state index in [0.717, 1.165) is 32.7 Å². The topological polar surface area (TPSA) is 39.7 Å². The Morgan fingerprint density at radius 2 is 1.84 bits per heavy atom. The molecule has 1 heterocycles. The first-order valence-corrected chi connectivity index (χ1v) is 7.61. The van der Waals surface area contributed by atoms with Crippen LogP contribution in [-0.2, 0) is 27.4 Å². The summed E-state index contributed by atoms with van der Waals surface area (Å²) < 4.78 is 15.9. The van der Waals surface area contributed by atoms with Gasteiger partial charge in [0, 0.05) is 36.6 Å². The first-order valence-electron chi connectivity index (χ1n) is 6.79. The lowest BCUT2D eigenvalue weighted by molar-refractivity contribution is 0.0488. The van der Waals surface area contributed by atoms with Gasteiger partial charge in [-0.25, -0.2) is 0 Å². The van der Waals surface area contributed by atoms with Crippen molar-refractivity contribution in [3.8, 4) is 0 Å². The van der Waals surface area contributed by atoms with Crippen molar-refractivity contribution >= 4 is 11.3 Å². The molecule has 0 unspecified atom stereocenters. The largest absolute Gasteiger partial charge is 0.382 e. The Labute approximate surface area is 120 Å². The molecule has 0 bridgehead atoms. The van der Waals surface area contributed by atoms with E-state index in [4.69, 9.17) is 14.2 Å². The van der Waals surface area contributed by atoms with E-state index in [1.165, 1.54) is 9.75 Å². The minimum absolute atomic E-state index is 0.657. The van der Waals surface area contributed by atoms with Crippen molar-refractivity contribution < 1.29 is 14.2 Å². The van der Waals surface area contributed by atoms with Crippen LogP contribution >= 0.6 is 11.3 Å². The smallest absolute Gasteiger partial charge is 0.0809 e. The Hall–Kier alpha value is -0.460. The Morgan fingerprint density at radius 1 is 1.05 bits per heavy atom. The van der Waals surface area contributed by atoms with E-state index < -0.39 is 0 Å². The van der Waals surface area contributed by atoms with Crippen molar-refractivity contribution in [2.24, 2.45) is 0 Å². The maximum absolute atomic E-state index is 5.62. The van der Waals surface area contributed by atoms with Crippen molar-refractivity contribution in [2.75, 3.05) is 40.1 Å². The summed E-state index contributed by atoms with van der Waals surface area (Å²) in [7, 11) is 1.68. The monoisotopic (exact) mass is 287 g/mol. The molecule has 0 saturated carbocycles. The zero-order valence-corrected chi connectivity index (χ0v) is 12.8. The highest BCUT2D eigenvalue weighted by Crippen LogP contribution is 2.17. The number of hydrogen-bond acceptors (Lipinski definition) is 5. The summed E-state index contributed by atoms with van der Waals surface area (Å²) in [5.74, 6) is 0. The van der Waals surface area contributed by atoms with Crippen molar-refractivity contribution in [3.05, 3.63) is 21.9 Å². The van der Waals surface area contributed by atoms with E-state index in [-0.39, 0.29) is 0 Å². The van der Waals surface area contributed by atoms with Gasteiger partial charge < -0.3 is 19.5 Å². The molecule has 5 heteroatoms. The summed E-state index contributed by atoms with van der Waals surface area (Å²) in [6.07, 6.45) is 0.930. The van der Waals surface area contributed by atoms with Crippen LogP contribution in [0.2, 0.25) is 0 Å². The predicted octanol–water partition coefficient (Wildman–Crippen LogP) is 2.43. The second-order valence-electron chi connectivity index (χ2n) is 4.16. The van der Waals surface area contributed by atoms with Gasteiger partial charge in [-0.05, 0) is 25.1 Å². The molecule has 0 aliphatic rings. The average Bonchev–Trinajstić information content (AvgIpc) is 2.87. The highest BCUT2D eigenvalue weighted by molar-refractivity contribution is 7.11. The highest BCUT2D eigenvalue weighted by Gasteiger charge is 2.00. The molecule has 0 aliphatic carbocycles. The van der Waals surface area contributed by atoms with Gasteiger partial charge in [0.25, 0.3) is 0 Å². The van der Waals surface area contributed by atoms with Crippen molar-refractivity contribution in [3.63, 3.8) is 0 Å². The van der Waals surface area contributed by atoms with Crippen LogP contribution < -0.4 is 5.32 Å². The fraction of sp³-hybridized carbons (Fsp3) is 0.714. The molecule has 0 spiro atoms. The molecule has 0 aromatic carbocycles. The van der Waals surface area contributed by atoms with Crippen molar-refractivity contribution in [1.29, 1.82) is 0 Å². The lowest BCUT2D eigenvalue weighted by atomic mass is 10.4. The van der Waals surface area contributed by atoms with Gasteiger partial charge in [0.05, 0.1) is 19.8 Å². The Kier molecular flexibility index (Phi) is 9.93. The Morgan fingerprint density at radius 3 is 2.63 bits per heavy atom. The summed E-state index contributed by atoms with van der Waals surface area (Å²) in [5.41, 5.74) is 0. The van der Waals surface area contributed by atoms with Gasteiger partial charge in [-0.2, -0.15) is 0 Å². The summed E-state index contributed by atoms with van der Waals surface area (Å²) in [6, 6.07) is 4.31. The SMILES string of the molecule is CCNCc1ccc(COCCCOCCOC)s1. The molecular formula is C14H25NO3S. The van der Waals surface area contributed by atoms with Crippen LogP contribution in [0.4, 0.5) is 0 Å². The minimum Gasteiger partial charge on any atom is -0.382 e. The lowest BCUT2D eigenvalue weighted by Gasteiger charge is -2.04. The molecule has 0 aliphatic heterocycles. The predicted molar refractivity (Wildman–Crippen MR) is 78.7 cm³/mol. The number of nitrogens with one attached hydrogen (secondary N) is 1. The molecular weight excluding hydrogens is 262 g/mol. The minimum atomic E-state index is 0.657. The van der Waals surface area contributed by atoms with Gasteiger partial charge in [0.15, 0.2) is 0 Å². The maximum atomic E-state index is 5.62. The van der Waals surface area contributed by atoms with Crippen LogP contribution in [0.1, 0.15) is 23.1 Å². The molecule has 0 atom stereocenters. The Bertz CT molecular complexity index is 317. The summed E-state index contributed by atoms with van der Waals surface area (Å²) in [4.78, 5) is 2.65. The summed E-state index contributed by atoms with van der Waals surface area (Å²) in [5, 5.41) is 3.32. The third-order valence-corrected chi connectivity index (χ3v) is 3.58. The molecule has 19 heavy (non-hydrogen) atoms. The van der Waals surface area contributed by atoms with E-state index in [9.17, 15) is 0 Å². The van der Waals surface area contributed by atoms with Gasteiger partial charge in [-0.3, -0.25) is 0 Å². The quantitative estimate of drug-likeness (QED) is 0.599. The van der Waals surface area contributed by atoms with Crippen LogP contribution in [0.5, 0.6) is 0 Å². The molecule has 1 N–H and O–H groups in total. The normalized spacial score (nSPS) is 11.1. The van der Waals surface area contributed by atoms with E-state index in [1.54, 1.807) is 7.11 Å². The average molecular weight is 287 g/mol. The molecule has 0 radical (unpaired) electrons. The Balaban J connectivity index is 1.98. The molecule has 0 saturated heterocycles. The van der Waals surface area contributed by atoms with Crippen LogP contribution in [-0.4, -0.2) is 40.1 Å². The molecule has 0 fully saturated rings. The van der Waals surface area contributed by atoms with Crippen LogP contribution in [0, 0.1) is 0 Å². The van der Waals surface area contributed by atoms with E-state index in [1.807, 2.05) is 11.3 Å². The van der Waals surface area contributed by atoms with E-state index >= 15 is 0 Å². The zero-order valence-electron chi connectivity index (χ0n) is 11.9. The van der Waals surface area contributed by atoms with Crippen LogP contribution in [0.15, 0.2) is 12.1 Å². The molecule has 0 amide bonds. The van der Waals surface area contributed by atoms with Gasteiger partial charge >= 0.3 is 0 Å². The van der Waals surface area contributed by atoms with E-state index in [2.05, 4.69) is 24.4 Å². The zero-order chi connectivity index (χ0) is 13.8. The number of thiophene rings is 1. The van der Waals surface area contributed by atoms with Gasteiger partial charge in [-0.15, -0.1) is 11.3 Å². The number of ether oxygens (including phenoxy) is 3. The molecule has 110 valence electrons. The van der Waals surface area contributed by atoms with Gasteiger partial charge in [0.1, 0.15) is 0 Å². The second-order valence-corrected chi connectivity index (χ2v) is 5.41. The first-order chi connectivity index (χ1) is 9.36. The summed E-state index contributed by atoms with van der Waals surface area (Å²) in [6.45, 7) is 7.58. The molecule has 1 aromatic rings. The summed E-state index contributed by atoms with van der Waals surface area (Å²) >= 11 is 1.81. The lowest BCUT2D eigenvalue weighted by Crippen LogP contribution is -2.10. The highest BCUT2D eigenvalue weighted by atomic mass is 32.1. The number of rotatable bonds is 12. The fourth-order valence-corrected chi connectivity index (χ4v) is 2.45. The molecule has 1 rings (SSSR count). The molecule has 1 aromatic heterocycles. The number of methoxy groups -OCH3 is 1. The van der Waals surface area contributed by atoms with Gasteiger partial charge in [-0.1, -0.05) is 6.92 Å². The number of hydrogen-bond donors (Lipinski definition) is 1. The van der Waals surface area contributed by atoms with Gasteiger partial charge in [0.2, 0.25) is 0 Å². The third-order valence-electron chi connectivity index (χ3n) is 2.52. The third kappa shape index (κ3) is 8.34. The second kappa shape index (κ2) is 11.4. The van der Waals surface area contributed by atoms with Crippen LogP contribution in [0.25, 0.3) is 0 Å². The molecule has 4 nitrogen and oxygen atoms in total. The fourth-order valence-electron chi connectivity index (χ4n) is 1.52. The van der Waals surface area contributed by atoms with Crippen LogP contribution in [0.3, 0.4) is 0 Å². The van der Waals surface area contributed by atoms with Crippen molar-refractivity contribution in [1.82, 2.24) is 5.32 Å². The first kappa shape index (κ1) is 16.6.